The molecule has 0 aliphatic rings. The zero-order valence-electron chi connectivity index (χ0n) is 11.3. The van der Waals surface area contributed by atoms with Crippen LogP contribution in [0.25, 0.3) is 0 Å². The van der Waals surface area contributed by atoms with Crippen molar-refractivity contribution in [2.24, 2.45) is 0 Å². The molecule has 20 heavy (non-hydrogen) atoms. The molecular weight excluding hydrogens is 298 g/mol. The van der Waals surface area contributed by atoms with Gasteiger partial charge in [-0.15, -0.1) is 11.3 Å². The van der Waals surface area contributed by atoms with Gasteiger partial charge < -0.3 is 5.11 Å². The summed E-state index contributed by atoms with van der Waals surface area (Å²) >= 11 is 1.52. The van der Waals surface area contributed by atoms with Crippen LogP contribution in [0, 0.1) is 6.92 Å². The molecule has 2 aromatic heterocycles. The highest BCUT2D eigenvalue weighted by molar-refractivity contribution is 7.89. The number of aromatic amines is 1. The van der Waals surface area contributed by atoms with E-state index in [4.69, 9.17) is 0 Å². The summed E-state index contributed by atoms with van der Waals surface area (Å²) in [6.45, 7) is 3.70. The number of rotatable bonds is 6. The van der Waals surface area contributed by atoms with Crippen molar-refractivity contribution in [1.82, 2.24) is 14.5 Å². The summed E-state index contributed by atoms with van der Waals surface area (Å²) < 4.78 is 26.8. The smallest absolute Gasteiger partial charge is 0.247 e. The fourth-order valence-electron chi connectivity index (χ4n) is 1.99. The molecule has 0 unspecified atom stereocenters. The minimum atomic E-state index is -3.67. The van der Waals surface area contributed by atoms with Crippen LogP contribution in [0.4, 0.5) is 0 Å². The maximum absolute atomic E-state index is 12.7. The van der Waals surface area contributed by atoms with E-state index in [9.17, 15) is 13.5 Å². The van der Waals surface area contributed by atoms with Crippen LogP contribution >= 0.6 is 11.3 Å². The highest BCUT2D eigenvalue weighted by Crippen LogP contribution is 2.24. The van der Waals surface area contributed by atoms with Crippen LogP contribution in [0.5, 0.6) is 0 Å². The van der Waals surface area contributed by atoms with Crippen molar-refractivity contribution in [2.45, 2.75) is 31.9 Å². The Kier molecular flexibility index (Phi) is 4.59. The Hall–Kier alpha value is -1.22. The summed E-state index contributed by atoms with van der Waals surface area (Å²) in [6.07, 6.45) is 0. The van der Waals surface area contributed by atoms with Crippen LogP contribution in [0.1, 0.15) is 23.2 Å². The molecule has 0 saturated heterocycles. The third-order valence-electron chi connectivity index (χ3n) is 2.97. The molecule has 8 heteroatoms. The number of aryl methyl sites for hydroxylation is 1. The summed E-state index contributed by atoms with van der Waals surface area (Å²) in [5.41, 5.74) is 0.603. The maximum atomic E-state index is 12.7. The zero-order chi connectivity index (χ0) is 14.8. The maximum Gasteiger partial charge on any atom is 0.247 e. The lowest BCUT2D eigenvalue weighted by Gasteiger charge is -2.20. The van der Waals surface area contributed by atoms with Crippen LogP contribution in [0.2, 0.25) is 0 Å². The molecule has 0 spiro atoms. The van der Waals surface area contributed by atoms with Crippen LogP contribution in [0.15, 0.2) is 22.4 Å². The predicted octanol–water partition coefficient (Wildman–Crippen LogP) is 1.48. The summed E-state index contributed by atoms with van der Waals surface area (Å²) in [5, 5.41) is 17.6. The van der Waals surface area contributed by atoms with Gasteiger partial charge in [0.1, 0.15) is 10.6 Å². The van der Waals surface area contributed by atoms with Crippen LogP contribution < -0.4 is 0 Å². The summed E-state index contributed by atoms with van der Waals surface area (Å²) in [5.74, 6) is 0. The van der Waals surface area contributed by atoms with E-state index in [1.807, 2.05) is 17.5 Å². The average molecular weight is 315 g/mol. The molecule has 0 aromatic carbocycles. The number of nitrogens with zero attached hydrogens (tertiary/aromatic N) is 2. The number of hydrogen-bond donors (Lipinski definition) is 2. The lowest BCUT2D eigenvalue weighted by Crippen LogP contribution is -2.31. The number of H-pyrrole nitrogens is 1. The second-order valence-electron chi connectivity index (χ2n) is 4.29. The van der Waals surface area contributed by atoms with Gasteiger partial charge in [-0.05, 0) is 18.4 Å². The van der Waals surface area contributed by atoms with Crippen molar-refractivity contribution in [3.63, 3.8) is 0 Å². The predicted molar refractivity (Wildman–Crippen MR) is 76.8 cm³/mol. The summed E-state index contributed by atoms with van der Waals surface area (Å²) in [7, 11) is -3.67. The normalized spacial score (nSPS) is 12.2. The molecule has 0 amide bonds. The first-order valence-electron chi connectivity index (χ1n) is 6.18. The number of thiophene rings is 1. The second kappa shape index (κ2) is 6.04. The van der Waals surface area contributed by atoms with Crippen LogP contribution in [0.3, 0.4) is 0 Å². The highest BCUT2D eigenvalue weighted by Gasteiger charge is 2.29. The fourth-order valence-corrected chi connectivity index (χ4v) is 4.54. The van der Waals surface area contributed by atoms with Crippen molar-refractivity contribution < 1.29 is 13.5 Å². The van der Waals surface area contributed by atoms with E-state index in [0.717, 1.165) is 4.88 Å². The van der Waals surface area contributed by atoms with Gasteiger partial charge in [0.05, 0.1) is 12.3 Å². The molecule has 6 nitrogen and oxygen atoms in total. The van der Waals surface area contributed by atoms with Gasteiger partial charge in [-0.1, -0.05) is 13.0 Å². The van der Waals surface area contributed by atoms with Gasteiger partial charge in [-0.25, -0.2) is 8.42 Å². The van der Waals surface area contributed by atoms with E-state index in [1.54, 1.807) is 13.8 Å². The topological polar surface area (TPSA) is 86.3 Å². The Morgan fingerprint density at radius 2 is 2.25 bits per heavy atom. The first-order chi connectivity index (χ1) is 9.50. The van der Waals surface area contributed by atoms with Gasteiger partial charge in [-0.2, -0.15) is 9.40 Å². The summed E-state index contributed by atoms with van der Waals surface area (Å²) in [6, 6.07) is 3.79. The standard InChI is InChI=1S/C12H17N3O3S2/c1-3-15(7-10-5-4-6-19-10)20(17,18)12-9(2)13-14-11(12)8-16/h4-6,16H,3,7-8H2,1-2H3,(H,13,14). The lowest BCUT2D eigenvalue weighted by atomic mass is 10.4. The monoisotopic (exact) mass is 315 g/mol. The van der Waals surface area contributed by atoms with Crippen molar-refractivity contribution in [1.29, 1.82) is 0 Å². The van der Waals surface area contributed by atoms with Crippen molar-refractivity contribution >= 4 is 21.4 Å². The Balaban J connectivity index is 2.39. The molecule has 2 rings (SSSR count). The van der Waals surface area contributed by atoms with Gasteiger partial charge >= 0.3 is 0 Å². The molecule has 0 atom stereocenters. The molecule has 0 aliphatic carbocycles. The minimum absolute atomic E-state index is 0.0819. The van der Waals surface area contributed by atoms with E-state index in [0.29, 0.717) is 18.8 Å². The van der Waals surface area contributed by atoms with E-state index >= 15 is 0 Å². The molecule has 2 heterocycles. The molecule has 0 radical (unpaired) electrons. The SMILES string of the molecule is CCN(Cc1cccs1)S(=O)(=O)c1c(CO)n[nH]c1C. The highest BCUT2D eigenvalue weighted by atomic mass is 32.2. The number of aliphatic hydroxyl groups excluding tert-OH is 1. The minimum Gasteiger partial charge on any atom is -0.390 e. The number of hydrogen-bond acceptors (Lipinski definition) is 5. The molecule has 2 N–H and O–H groups in total. The van der Waals surface area contributed by atoms with Gasteiger partial charge in [0, 0.05) is 18.0 Å². The molecule has 0 fully saturated rings. The van der Waals surface area contributed by atoms with E-state index < -0.39 is 16.6 Å². The Morgan fingerprint density at radius 1 is 1.50 bits per heavy atom. The Labute approximate surface area is 122 Å². The van der Waals surface area contributed by atoms with Gasteiger partial charge in [0.2, 0.25) is 10.0 Å². The van der Waals surface area contributed by atoms with E-state index in [1.165, 1.54) is 15.6 Å². The van der Waals surface area contributed by atoms with Crippen molar-refractivity contribution in [3.05, 3.63) is 33.8 Å². The van der Waals surface area contributed by atoms with E-state index in [2.05, 4.69) is 10.2 Å². The average Bonchev–Trinajstić information content (AvgIpc) is 3.04. The largest absolute Gasteiger partial charge is 0.390 e. The lowest BCUT2D eigenvalue weighted by molar-refractivity contribution is 0.273. The van der Waals surface area contributed by atoms with Crippen LogP contribution in [-0.2, 0) is 23.2 Å². The van der Waals surface area contributed by atoms with Crippen molar-refractivity contribution in [3.8, 4) is 0 Å². The number of nitrogens with one attached hydrogen (secondary N) is 1. The first kappa shape index (κ1) is 15.2. The van der Waals surface area contributed by atoms with Crippen LogP contribution in [-0.4, -0.2) is 34.6 Å². The Morgan fingerprint density at radius 3 is 2.80 bits per heavy atom. The molecule has 0 bridgehead atoms. The molecule has 2 aromatic rings. The molecular formula is C12H17N3O3S2. The first-order valence-corrected chi connectivity index (χ1v) is 8.50. The zero-order valence-corrected chi connectivity index (χ0v) is 13.0. The number of aliphatic hydroxyl groups is 1. The molecule has 0 saturated carbocycles. The van der Waals surface area contributed by atoms with E-state index in [-0.39, 0.29) is 10.6 Å². The quantitative estimate of drug-likeness (QED) is 0.845. The Bertz CT molecular complexity index is 662. The summed E-state index contributed by atoms with van der Waals surface area (Å²) in [4.78, 5) is 1.06. The fraction of sp³-hybridized carbons (Fsp3) is 0.417. The van der Waals surface area contributed by atoms with Gasteiger partial charge in [-0.3, -0.25) is 5.10 Å². The number of sulfonamides is 1. The van der Waals surface area contributed by atoms with Gasteiger partial charge in [0.25, 0.3) is 0 Å². The third kappa shape index (κ3) is 2.78. The van der Waals surface area contributed by atoms with Crippen molar-refractivity contribution in [2.75, 3.05) is 6.54 Å². The second-order valence-corrected chi connectivity index (χ2v) is 7.20. The van der Waals surface area contributed by atoms with Gasteiger partial charge in [0.15, 0.2) is 0 Å². The third-order valence-corrected chi connectivity index (χ3v) is 5.96. The molecule has 0 aliphatic heterocycles. The molecule has 110 valence electrons. The number of aromatic nitrogens is 2.